The Kier molecular flexibility index (Phi) is 6.04. The summed E-state index contributed by atoms with van der Waals surface area (Å²) < 4.78 is 16.3. The Hall–Kier alpha value is -3.36. The van der Waals surface area contributed by atoms with E-state index in [9.17, 15) is 0 Å². The van der Waals surface area contributed by atoms with Gasteiger partial charge in [-0.2, -0.15) is 4.98 Å². The van der Waals surface area contributed by atoms with Crippen LogP contribution in [0.3, 0.4) is 0 Å². The number of pyridine rings is 2. The summed E-state index contributed by atoms with van der Waals surface area (Å²) in [5.41, 5.74) is 2.81. The maximum Gasteiger partial charge on any atom is 0.244 e. The van der Waals surface area contributed by atoms with E-state index in [0.717, 1.165) is 36.8 Å². The van der Waals surface area contributed by atoms with Crippen molar-refractivity contribution in [2.24, 2.45) is 0 Å². The fourth-order valence-corrected chi connectivity index (χ4v) is 4.07. The number of rotatable bonds is 8. The Morgan fingerprint density at radius 3 is 3.00 bits per heavy atom. The normalized spacial score (nSPS) is 16.6. The lowest BCUT2D eigenvalue weighted by molar-refractivity contribution is 0.146. The third-order valence-electron chi connectivity index (χ3n) is 5.64. The fraction of sp³-hybridized carbons (Fsp3) is 0.333. The molecule has 3 aromatic heterocycles. The molecule has 8 heteroatoms. The molecule has 8 nitrogen and oxygen atoms in total. The number of para-hydroxylation sites is 1. The average Bonchev–Trinajstić information content (AvgIpc) is 3.49. The van der Waals surface area contributed by atoms with Crippen LogP contribution in [0.15, 0.2) is 59.4 Å². The highest BCUT2D eigenvalue weighted by Gasteiger charge is 2.31. The third-order valence-corrected chi connectivity index (χ3v) is 5.64. The molecule has 0 unspecified atom stereocenters. The summed E-state index contributed by atoms with van der Waals surface area (Å²) in [6.07, 6.45) is 5.71. The van der Waals surface area contributed by atoms with Crippen molar-refractivity contribution in [1.82, 2.24) is 25.0 Å². The van der Waals surface area contributed by atoms with Crippen LogP contribution in [0.2, 0.25) is 0 Å². The van der Waals surface area contributed by atoms with Gasteiger partial charge in [0, 0.05) is 37.5 Å². The zero-order valence-corrected chi connectivity index (χ0v) is 18.0. The van der Waals surface area contributed by atoms with Gasteiger partial charge in [-0.05, 0) is 43.1 Å². The van der Waals surface area contributed by atoms with Crippen LogP contribution in [0.25, 0.3) is 22.4 Å². The first-order chi connectivity index (χ1) is 15.8. The second kappa shape index (κ2) is 9.42. The topological polar surface area (TPSA) is 86.4 Å². The Balaban J connectivity index is 1.31. The minimum atomic E-state index is 0.0869. The molecule has 1 atom stereocenters. The van der Waals surface area contributed by atoms with E-state index in [4.69, 9.17) is 14.0 Å². The first kappa shape index (κ1) is 20.5. The summed E-state index contributed by atoms with van der Waals surface area (Å²) in [6, 6.07) is 14.1. The molecule has 164 valence electrons. The van der Waals surface area contributed by atoms with Gasteiger partial charge in [0.1, 0.15) is 18.1 Å². The number of hydrogen-bond donors (Lipinski definition) is 0. The quantitative estimate of drug-likeness (QED) is 0.386. The van der Waals surface area contributed by atoms with E-state index < -0.39 is 0 Å². The molecule has 1 aliphatic rings. The second-order valence-corrected chi connectivity index (χ2v) is 7.84. The lowest BCUT2D eigenvalue weighted by Gasteiger charge is -2.21. The fourth-order valence-electron chi connectivity index (χ4n) is 4.07. The van der Waals surface area contributed by atoms with Crippen LogP contribution in [-0.4, -0.2) is 51.9 Å². The van der Waals surface area contributed by atoms with Crippen LogP contribution >= 0.6 is 0 Å². The Bertz CT molecular complexity index is 1190. The highest BCUT2D eigenvalue weighted by atomic mass is 16.5. The molecule has 0 amide bonds. The van der Waals surface area contributed by atoms with Gasteiger partial charge in [0.15, 0.2) is 0 Å². The minimum absolute atomic E-state index is 0.0869. The van der Waals surface area contributed by atoms with Gasteiger partial charge < -0.3 is 14.0 Å². The predicted octanol–water partition coefficient (Wildman–Crippen LogP) is 4.04. The minimum Gasteiger partial charge on any atom is -0.491 e. The molecule has 1 saturated heterocycles. The molecular weight excluding hydrogens is 406 g/mol. The lowest BCUT2D eigenvalue weighted by atomic mass is 10.1. The zero-order chi connectivity index (χ0) is 21.8. The molecule has 0 bridgehead atoms. The summed E-state index contributed by atoms with van der Waals surface area (Å²) in [5.74, 6) is 1.79. The van der Waals surface area contributed by atoms with Gasteiger partial charge in [-0.3, -0.25) is 14.9 Å². The van der Waals surface area contributed by atoms with Crippen molar-refractivity contribution in [1.29, 1.82) is 0 Å². The van der Waals surface area contributed by atoms with E-state index >= 15 is 0 Å². The second-order valence-electron chi connectivity index (χ2n) is 7.84. The van der Waals surface area contributed by atoms with Crippen LogP contribution < -0.4 is 4.74 Å². The van der Waals surface area contributed by atoms with E-state index in [1.54, 1.807) is 19.4 Å². The van der Waals surface area contributed by atoms with E-state index in [1.165, 1.54) is 5.56 Å². The highest BCUT2D eigenvalue weighted by molar-refractivity contribution is 5.78. The van der Waals surface area contributed by atoms with Crippen molar-refractivity contribution in [3.63, 3.8) is 0 Å². The molecule has 32 heavy (non-hydrogen) atoms. The van der Waals surface area contributed by atoms with Crippen LogP contribution in [0, 0.1) is 0 Å². The van der Waals surface area contributed by atoms with Crippen LogP contribution in [0.4, 0.5) is 0 Å². The number of fused-ring (bicyclic) bond motifs is 1. The molecule has 4 aromatic rings. The van der Waals surface area contributed by atoms with Crippen LogP contribution in [-0.2, 0) is 11.3 Å². The van der Waals surface area contributed by atoms with Crippen molar-refractivity contribution in [3.05, 3.63) is 66.3 Å². The molecule has 4 heterocycles. The monoisotopic (exact) mass is 431 g/mol. The average molecular weight is 431 g/mol. The number of likely N-dealkylation sites (tertiary alicyclic amines) is 1. The standard InChI is InChI=1S/C24H25N5O3/c1-30-11-12-31-19-8-9-25-21(14-19)23-27-24(32-28-23)22-7-4-10-29(22)16-17-13-18-5-2-3-6-20(18)26-15-17/h2-3,5-6,8-9,13-15,22H,4,7,10-12,16H2,1H3/t22-/m0/s1. The molecule has 0 spiro atoms. The molecule has 0 N–H and O–H groups in total. The number of methoxy groups -OCH3 is 1. The van der Waals surface area contributed by atoms with E-state index in [-0.39, 0.29) is 6.04 Å². The molecule has 0 radical (unpaired) electrons. The smallest absolute Gasteiger partial charge is 0.244 e. The summed E-state index contributed by atoms with van der Waals surface area (Å²) in [5, 5.41) is 5.34. The van der Waals surface area contributed by atoms with Crippen molar-refractivity contribution >= 4 is 10.9 Å². The third kappa shape index (κ3) is 4.46. The predicted molar refractivity (Wildman–Crippen MR) is 119 cm³/mol. The van der Waals surface area contributed by atoms with Gasteiger partial charge >= 0.3 is 0 Å². The number of hydrogen-bond acceptors (Lipinski definition) is 8. The highest BCUT2D eigenvalue weighted by Crippen LogP contribution is 2.33. The maximum absolute atomic E-state index is 5.66. The number of ether oxygens (including phenoxy) is 2. The molecule has 1 aromatic carbocycles. The Morgan fingerprint density at radius 2 is 2.06 bits per heavy atom. The van der Waals surface area contributed by atoms with Crippen LogP contribution in [0.5, 0.6) is 5.75 Å². The largest absolute Gasteiger partial charge is 0.491 e. The summed E-state index contributed by atoms with van der Waals surface area (Å²) >= 11 is 0. The van der Waals surface area contributed by atoms with Crippen molar-refractivity contribution in [2.45, 2.75) is 25.4 Å². The van der Waals surface area contributed by atoms with Gasteiger partial charge in [-0.15, -0.1) is 0 Å². The van der Waals surface area contributed by atoms with E-state index in [0.29, 0.717) is 36.4 Å². The lowest BCUT2D eigenvalue weighted by Crippen LogP contribution is -2.23. The molecule has 0 saturated carbocycles. The number of nitrogens with zero attached hydrogens (tertiary/aromatic N) is 5. The first-order valence-electron chi connectivity index (χ1n) is 10.8. The van der Waals surface area contributed by atoms with Crippen LogP contribution in [0.1, 0.15) is 30.3 Å². The SMILES string of the molecule is COCCOc1ccnc(-c2noc([C@@H]3CCCN3Cc3cnc4ccccc4c3)n2)c1. The summed E-state index contributed by atoms with van der Waals surface area (Å²) in [4.78, 5) is 16.0. The molecular formula is C24H25N5O3. The summed E-state index contributed by atoms with van der Waals surface area (Å²) in [7, 11) is 1.64. The van der Waals surface area contributed by atoms with Crippen molar-refractivity contribution < 1.29 is 14.0 Å². The van der Waals surface area contributed by atoms with Crippen molar-refractivity contribution in [3.8, 4) is 17.3 Å². The van der Waals surface area contributed by atoms with Gasteiger partial charge in [0.05, 0.1) is 18.2 Å². The number of benzene rings is 1. The maximum atomic E-state index is 5.66. The molecule has 1 fully saturated rings. The zero-order valence-electron chi connectivity index (χ0n) is 18.0. The Morgan fingerprint density at radius 1 is 1.12 bits per heavy atom. The van der Waals surface area contributed by atoms with Gasteiger partial charge in [0.25, 0.3) is 0 Å². The van der Waals surface area contributed by atoms with Gasteiger partial charge in [-0.1, -0.05) is 23.4 Å². The molecule has 1 aliphatic heterocycles. The summed E-state index contributed by atoms with van der Waals surface area (Å²) in [6.45, 7) is 2.77. The Labute approximate surface area is 186 Å². The van der Waals surface area contributed by atoms with E-state index in [1.807, 2.05) is 30.5 Å². The van der Waals surface area contributed by atoms with Gasteiger partial charge in [-0.25, -0.2) is 0 Å². The van der Waals surface area contributed by atoms with Crippen molar-refractivity contribution in [2.75, 3.05) is 26.9 Å². The van der Waals surface area contributed by atoms with E-state index in [2.05, 4.69) is 37.1 Å². The number of aromatic nitrogens is 4. The first-order valence-corrected chi connectivity index (χ1v) is 10.8. The molecule has 0 aliphatic carbocycles. The van der Waals surface area contributed by atoms with Gasteiger partial charge in [0.2, 0.25) is 11.7 Å². The molecule has 5 rings (SSSR count).